The first-order valence-electron chi connectivity index (χ1n) is 11.9. The predicted molar refractivity (Wildman–Crippen MR) is 135 cm³/mol. The standard InChI is InChI=1S/C30H26N2O3/c1-34-24-17-15-22(16-18-24)28-26-13-7-8-14-27(26)35-30-25-12-6-5-9-21(25)19-20-31(30)32(28)29(33)23-10-3-2-4-11-23/h2-11,13-18,28H,12,19-20H2,1H3. The van der Waals surface area contributed by atoms with Gasteiger partial charge in [0.15, 0.2) is 0 Å². The summed E-state index contributed by atoms with van der Waals surface area (Å²) in [6.45, 7) is 0.651. The number of rotatable bonds is 3. The van der Waals surface area contributed by atoms with Crippen LogP contribution in [0.5, 0.6) is 11.5 Å². The fourth-order valence-corrected chi connectivity index (χ4v) is 5.09. The minimum Gasteiger partial charge on any atom is -0.497 e. The molecular formula is C30H26N2O3. The second-order valence-electron chi connectivity index (χ2n) is 8.81. The van der Waals surface area contributed by atoms with Gasteiger partial charge in [-0.2, -0.15) is 0 Å². The number of carbonyl (C=O) groups is 1. The third kappa shape index (κ3) is 3.69. The molecule has 0 spiro atoms. The summed E-state index contributed by atoms with van der Waals surface area (Å²) in [5.74, 6) is 2.21. The Labute approximate surface area is 205 Å². The Hall–Kier alpha value is -4.25. The van der Waals surface area contributed by atoms with Crippen LogP contribution in [0.4, 0.5) is 0 Å². The van der Waals surface area contributed by atoms with Gasteiger partial charge in [0.25, 0.3) is 5.91 Å². The number of benzene rings is 3. The molecule has 3 aromatic carbocycles. The monoisotopic (exact) mass is 462 g/mol. The number of fused-ring (bicyclic) bond motifs is 3. The number of ether oxygens (including phenoxy) is 2. The number of para-hydroxylation sites is 1. The lowest BCUT2D eigenvalue weighted by molar-refractivity contribution is -0.0253. The number of hydrogen-bond donors (Lipinski definition) is 0. The average Bonchev–Trinajstić information content (AvgIpc) is 3.08. The third-order valence-electron chi connectivity index (χ3n) is 6.81. The first-order chi connectivity index (χ1) is 17.2. The predicted octanol–water partition coefficient (Wildman–Crippen LogP) is 6.04. The summed E-state index contributed by atoms with van der Waals surface area (Å²) in [7, 11) is 1.66. The second kappa shape index (κ2) is 8.84. The quantitative estimate of drug-likeness (QED) is 0.476. The van der Waals surface area contributed by atoms with Crippen LogP contribution in [0.2, 0.25) is 0 Å². The van der Waals surface area contributed by atoms with E-state index in [9.17, 15) is 4.79 Å². The zero-order valence-corrected chi connectivity index (χ0v) is 19.6. The summed E-state index contributed by atoms with van der Waals surface area (Å²) in [6.07, 6.45) is 8.03. The van der Waals surface area contributed by atoms with E-state index < -0.39 is 0 Å². The highest BCUT2D eigenvalue weighted by molar-refractivity contribution is 5.94. The molecule has 35 heavy (non-hydrogen) atoms. The minimum absolute atomic E-state index is 0.0661. The number of nitrogens with zero attached hydrogens (tertiary/aromatic N) is 2. The molecule has 2 heterocycles. The summed E-state index contributed by atoms with van der Waals surface area (Å²) >= 11 is 0. The molecule has 1 unspecified atom stereocenters. The molecular weight excluding hydrogens is 436 g/mol. The van der Waals surface area contributed by atoms with Crippen molar-refractivity contribution in [1.29, 1.82) is 0 Å². The van der Waals surface area contributed by atoms with Crippen LogP contribution in [0.3, 0.4) is 0 Å². The van der Waals surface area contributed by atoms with E-state index in [1.54, 1.807) is 7.11 Å². The summed E-state index contributed by atoms with van der Waals surface area (Å²) in [4.78, 5) is 14.2. The molecule has 6 rings (SSSR count). The maximum Gasteiger partial charge on any atom is 0.273 e. The number of carbonyl (C=O) groups excluding carboxylic acids is 1. The zero-order chi connectivity index (χ0) is 23.8. The Balaban J connectivity index is 1.59. The highest BCUT2D eigenvalue weighted by Crippen LogP contribution is 2.45. The molecule has 0 saturated carbocycles. The molecule has 3 aliphatic rings. The first-order valence-corrected chi connectivity index (χ1v) is 11.9. The lowest BCUT2D eigenvalue weighted by Crippen LogP contribution is -2.50. The largest absolute Gasteiger partial charge is 0.497 e. The molecule has 3 aromatic rings. The zero-order valence-electron chi connectivity index (χ0n) is 19.6. The van der Waals surface area contributed by atoms with Gasteiger partial charge in [0.1, 0.15) is 17.5 Å². The van der Waals surface area contributed by atoms with E-state index in [0.717, 1.165) is 46.9 Å². The van der Waals surface area contributed by atoms with E-state index in [1.807, 2.05) is 77.8 Å². The topological polar surface area (TPSA) is 42.0 Å². The summed E-state index contributed by atoms with van der Waals surface area (Å²) in [5, 5.41) is 3.94. The smallest absolute Gasteiger partial charge is 0.273 e. The van der Waals surface area contributed by atoms with E-state index in [2.05, 4.69) is 29.3 Å². The summed E-state index contributed by atoms with van der Waals surface area (Å²) in [6, 6.07) is 25.1. The van der Waals surface area contributed by atoms with Crippen molar-refractivity contribution in [2.75, 3.05) is 13.7 Å². The molecule has 0 radical (unpaired) electrons. The molecule has 0 saturated heterocycles. The maximum atomic E-state index is 14.2. The van der Waals surface area contributed by atoms with Gasteiger partial charge in [0, 0.05) is 23.2 Å². The van der Waals surface area contributed by atoms with Crippen LogP contribution in [0, 0.1) is 0 Å². The molecule has 5 nitrogen and oxygen atoms in total. The van der Waals surface area contributed by atoms with Crippen LogP contribution in [-0.4, -0.2) is 29.6 Å². The van der Waals surface area contributed by atoms with E-state index in [1.165, 1.54) is 5.57 Å². The lowest BCUT2D eigenvalue weighted by Gasteiger charge is -2.43. The molecule has 1 atom stereocenters. The van der Waals surface area contributed by atoms with Crippen molar-refractivity contribution in [3.05, 3.63) is 131 Å². The Morgan fingerprint density at radius 3 is 2.54 bits per heavy atom. The number of allylic oxidation sites excluding steroid dienone is 4. The molecule has 0 aromatic heterocycles. The van der Waals surface area contributed by atoms with Gasteiger partial charge in [-0.1, -0.05) is 66.8 Å². The second-order valence-corrected chi connectivity index (χ2v) is 8.81. The van der Waals surface area contributed by atoms with E-state index in [-0.39, 0.29) is 11.9 Å². The fraction of sp³-hybridized carbons (Fsp3) is 0.167. The van der Waals surface area contributed by atoms with Crippen LogP contribution >= 0.6 is 0 Å². The fourth-order valence-electron chi connectivity index (χ4n) is 5.09. The van der Waals surface area contributed by atoms with Gasteiger partial charge in [-0.05, 0) is 54.3 Å². The highest BCUT2D eigenvalue weighted by atomic mass is 16.5. The van der Waals surface area contributed by atoms with Crippen molar-refractivity contribution in [3.8, 4) is 11.5 Å². The Morgan fingerprint density at radius 1 is 0.971 bits per heavy atom. The number of methoxy groups -OCH3 is 1. The van der Waals surface area contributed by atoms with Crippen molar-refractivity contribution < 1.29 is 14.3 Å². The number of hydrogen-bond acceptors (Lipinski definition) is 4. The van der Waals surface area contributed by atoms with Crippen molar-refractivity contribution in [2.45, 2.75) is 18.9 Å². The molecule has 1 amide bonds. The molecule has 0 fully saturated rings. The first kappa shape index (κ1) is 21.3. The highest BCUT2D eigenvalue weighted by Gasteiger charge is 2.41. The van der Waals surface area contributed by atoms with Gasteiger partial charge in [-0.25, -0.2) is 10.0 Å². The van der Waals surface area contributed by atoms with Crippen LogP contribution in [-0.2, 0) is 0 Å². The Morgan fingerprint density at radius 2 is 1.74 bits per heavy atom. The van der Waals surface area contributed by atoms with Gasteiger partial charge < -0.3 is 9.47 Å². The van der Waals surface area contributed by atoms with Gasteiger partial charge in [0.2, 0.25) is 5.88 Å². The Bertz CT molecular complexity index is 1360. The van der Waals surface area contributed by atoms with Gasteiger partial charge >= 0.3 is 0 Å². The minimum atomic E-state index is -0.368. The lowest BCUT2D eigenvalue weighted by atomic mass is 9.93. The molecule has 0 bridgehead atoms. The van der Waals surface area contributed by atoms with Crippen LogP contribution in [0.1, 0.15) is 40.4 Å². The Kier molecular flexibility index (Phi) is 5.38. The number of amides is 1. The van der Waals surface area contributed by atoms with E-state index in [4.69, 9.17) is 9.47 Å². The van der Waals surface area contributed by atoms with E-state index in [0.29, 0.717) is 12.1 Å². The molecule has 1 aliphatic carbocycles. The summed E-state index contributed by atoms with van der Waals surface area (Å²) in [5.41, 5.74) is 4.98. The summed E-state index contributed by atoms with van der Waals surface area (Å²) < 4.78 is 12.1. The third-order valence-corrected chi connectivity index (χ3v) is 6.81. The molecule has 0 N–H and O–H groups in total. The van der Waals surface area contributed by atoms with Crippen molar-refractivity contribution in [3.63, 3.8) is 0 Å². The maximum absolute atomic E-state index is 14.2. The van der Waals surface area contributed by atoms with Crippen molar-refractivity contribution in [2.24, 2.45) is 0 Å². The van der Waals surface area contributed by atoms with Crippen LogP contribution in [0.25, 0.3) is 0 Å². The molecule has 2 aliphatic heterocycles. The molecule has 174 valence electrons. The van der Waals surface area contributed by atoms with Crippen molar-refractivity contribution in [1.82, 2.24) is 10.0 Å². The van der Waals surface area contributed by atoms with Crippen molar-refractivity contribution >= 4 is 5.91 Å². The number of hydrazine groups is 1. The van der Waals surface area contributed by atoms with Gasteiger partial charge in [0.05, 0.1) is 7.11 Å². The molecule has 5 heteroatoms. The van der Waals surface area contributed by atoms with Gasteiger partial charge in [-0.15, -0.1) is 0 Å². The normalized spacial score (nSPS) is 18.5. The van der Waals surface area contributed by atoms with Crippen LogP contribution in [0.15, 0.2) is 114 Å². The van der Waals surface area contributed by atoms with Gasteiger partial charge in [-0.3, -0.25) is 4.79 Å². The SMILES string of the molecule is COc1ccc(C2c3ccccc3OC3=C4CC=CC=C4CCN3N2C(=O)c2ccccc2)cc1. The van der Waals surface area contributed by atoms with E-state index >= 15 is 0 Å². The van der Waals surface area contributed by atoms with Crippen LogP contribution < -0.4 is 9.47 Å². The average molecular weight is 463 g/mol.